The predicted molar refractivity (Wildman–Crippen MR) is 70.7 cm³/mol. The van der Waals surface area contributed by atoms with Crippen LogP contribution in [0.4, 0.5) is 0 Å². The zero-order valence-corrected chi connectivity index (χ0v) is 11.5. The summed E-state index contributed by atoms with van der Waals surface area (Å²) in [5.41, 5.74) is 6.09. The summed E-state index contributed by atoms with van der Waals surface area (Å²) in [7, 11) is 0. The van der Waals surface area contributed by atoms with E-state index in [9.17, 15) is 4.79 Å². The Bertz CT molecular complexity index is 245. The van der Waals surface area contributed by atoms with E-state index in [0.29, 0.717) is 11.8 Å². The van der Waals surface area contributed by atoms with Gasteiger partial charge in [-0.3, -0.25) is 4.79 Å². The van der Waals surface area contributed by atoms with E-state index in [1.54, 1.807) is 0 Å². The van der Waals surface area contributed by atoms with Crippen LogP contribution in [0.3, 0.4) is 0 Å². The highest BCUT2D eigenvalue weighted by Gasteiger charge is 2.28. The van der Waals surface area contributed by atoms with Crippen molar-refractivity contribution in [1.82, 2.24) is 10.2 Å². The number of nitrogens with zero attached hydrogens (tertiary/aromatic N) is 1. The van der Waals surface area contributed by atoms with Gasteiger partial charge in [0.15, 0.2) is 0 Å². The summed E-state index contributed by atoms with van der Waals surface area (Å²) < 4.78 is 0. The summed E-state index contributed by atoms with van der Waals surface area (Å²) in [5, 5.41) is 2.92. The molecule has 17 heavy (non-hydrogen) atoms. The number of carbonyl (C=O) groups is 1. The first-order chi connectivity index (χ1) is 7.95. The number of hydrogen-bond donors (Lipinski definition) is 2. The van der Waals surface area contributed by atoms with Crippen LogP contribution in [0.1, 0.15) is 40.0 Å². The van der Waals surface area contributed by atoms with Gasteiger partial charge in [0, 0.05) is 19.0 Å². The Balaban J connectivity index is 2.20. The first-order valence-electron chi connectivity index (χ1n) is 6.67. The summed E-state index contributed by atoms with van der Waals surface area (Å²) in [4.78, 5) is 13.9. The smallest absolute Gasteiger partial charge is 0.221 e. The maximum Gasteiger partial charge on any atom is 0.221 e. The molecular weight excluding hydrogens is 214 g/mol. The van der Waals surface area contributed by atoms with Gasteiger partial charge in [-0.15, -0.1) is 0 Å². The molecule has 4 nitrogen and oxygen atoms in total. The fraction of sp³-hybridized carbons (Fsp3) is 0.923. The fourth-order valence-corrected chi connectivity index (χ4v) is 2.17. The molecule has 0 radical (unpaired) electrons. The standard InChI is InChI=1S/C13H27N3O/c1-11(2)15-12(17)4-7-16-8-5-13(3,10-14)6-9-16/h11H,4-10,14H2,1-3H3,(H,15,17). The molecule has 1 heterocycles. The van der Waals surface area contributed by atoms with E-state index in [4.69, 9.17) is 5.73 Å². The van der Waals surface area contributed by atoms with Crippen molar-refractivity contribution in [3.8, 4) is 0 Å². The van der Waals surface area contributed by atoms with Gasteiger partial charge in [-0.1, -0.05) is 6.92 Å². The van der Waals surface area contributed by atoms with Crippen molar-refractivity contribution in [3.05, 3.63) is 0 Å². The van der Waals surface area contributed by atoms with Crippen LogP contribution in [0.25, 0.3) is 0 Å². The van der Waals surface area contributed by atoms with Gasteiger partial charge in [0.1, 0.15) is 0 Å². The molecule has 0 aromatic heterocycles. The van der Waals surface area contributed by atoms with Crippen LogP contribution < -0.4 is 11.1 Å². The van der Waals surface area contributed by atoms with Crippen LogP contribution in [0.5, 0.6) is 0 Å². The second kappa shape index (κ2) is 6.36. The maximum absolute atomic E-state index is 11.5. The molecule has 0 unspecified atom stereocenters. The molecule has 0 saturated carbocycles. The van der Waals surface area contributed by atoms with Crippen LogP contribution >= 0.6 is 0 Å². The molecule has 0 aliphatic carbocycles. The van der Waals surface area contributed by atoms with Gasteiger partial charge >= 0.3 is 0 Å². The molecule has 3 N–H and O–H groups in total. The van der Waals surface area contributed by atoms with E-state index in [-0.39, 0.29) is 11.9 Å². The van der Waals surface area contributed by atoms with Gasteiger partial charge in [-0.2, -0.15) is 0 Å². The van der Waals surface area contributed by atoms with Gasteiger partial charge in [-0.25, -0.2) is 0 Å². The number of nitrogens with one attached hydrogen (secondary N) is 1. The van der Waals surface area contributed by atoms with E-state index in [0.717, 1.165) is 39.0 Å². The van der Waals surface area contributed by atoms with Crippen molar-refractivity contribution >= 4 is 5.91 Å². The molecule has 1 fully saturated rings. The molecule has 1 amide bonds. The number of carbonyl (C=O) groups excluding carboxylic acids is 1. The van der Waals surface area contributed by atoms with Crippen LogP contribution in [0.15, 0.2) is 0 Å². The first-order valence-corrected chi connectivity index (χ1v) is 6.67. The van der Waals surface area contributed by atoms with Crippen LogP contribution in [-0.2, 0) is 4.79 Å². The minimum atomic E-state index is 0.159. The number of piperidine rings is 1. The van der Waals surface area contributed by atoms with Gasteiger partial charge < -0.3 is 16.0 Å². The third-order valence-corrected chi connectivity index (χ3v) is 3.66. The number of nitrogens with two attached hydrogens (primary N) is 1. The zero-order chi connectivity index (χ0) is 12.9. The van der Waals surface area contributed by atoms with Crippen molar-refractivity contribution in [3.63, 3.8) is 0 Å². The number of hydrogen-bond acceptors (Lipinski definition) is 3. The Morgan fingerprint density at radius 1 is 1.41 bits per heavy atom. The third-order valence-electron chi connectivity index (χ3n) is 3.66. The average Bonchev–Trinajstić information content (AvgIpc) is 2.27. The second-order valence-corrected chi connectivity index (χ2v) is 5.83. The van der Waals surface area contributed by atoms with E-state index in [1.807, 2.05) is 13.8 Å². The lowest BCUT2D eigenvalue weighted by atomic mass is 9.80. The Labute approximate surface area is 105 Å². The minimum Gasteiger partial charge on any atom is -0.354 e. The monoisotopic (exact) mass is 241 g/mol. The zero-order valence-electron chi connectivity index (χ0n) is 11.5. The lowest BCUT2D eigenvalue weighted by Gasteiger charge is -2.38. The predicted octanol–water partition coefficient (Wildman–Crippen LogP) is 0.962. The molecule has 1 rings (SSSR count). The van der Waals surface area contributed by atoms with Crippen LogP contribution in [-0.4, -0.2) is 43.0 Å². The van der Waals surface area contributed by atoms with Gasteiger partial charge in [0.25, 0.3) is 0 Å². The normalized spacial score (nSPS) is 20.5. The summed E-state index contributed by atoms with van der Waals surface area (Å²) in [6.45, 7) is 10.0. The van der Waals surface area contributed by atoms with Gasteiger partial charge in [0.2, 0.25) is 5.91 Å². The fourth-order valence-electron chi connectivity index (χ4n) is 2.17. The summed E-state index contributed by atoms with van der Waals surface area (Å²) in [6.07, 6.45) is 2.90. The molecule has 1 aliphatic heterocycles. The van der Waals surface area contributed by atoms with Crippen molar-refractivity contribution in [2.24, 2.45) is 11.1 Å². The third kappa shape index (κ3) is 5.04. The summed E-state index contributed by atoms with van der Waals surface area (Å²) >= 11 is 0. The molecule has 0 bridgehead atoms. The van der Waals surface area contributed by atoms with E-state index >= 15 is 0 Å². The molecule has 4 heteroatoms. The van der Waals surface area contributed by atoms with Crippen LogP contribution in [0.2, 0.25) is 0 Å². The highest BCUT2D eigenvalue weighted by molar-refractivity contribution is 5.76. The molecule has 0 aromatic carbocycles. The molecule has 1 saturated heterocycles. The van der Waals surface area contributed by atoms with Crippen molar-refractivity contribution < 1.29 is 4.79 Å². The van der Waals surface area contributed by atoms with Crippen molar-refractivity contribution in [2.75, 3.05) is 26.2 Å². The highest BCUT2D eigenvalue weighted by Crippen LogP contribution is 2.29. The average molecular weight is 241 g/mol. The lowest BCUT2D eigenvalue weighted by molar-refractivity contribution is -0.122. The SMILES string of the molecule is CC(C)NC(=O)CCN1CCC(C)(CN)CC1. The number of amides is 1. The first kappa shape index (κ1) is 14.5. The van der Waals surface area contributed by atoms with E-state index in [1.165, 1.54) is 0 Å². The van der Waals surface area contributed by atoms with Crippen molar-refractivity contribution in [1.29, 1.82) is 0 Å². The second-order valence-electron chi connectivity index (χ2n) is 5.83. The molecule has 1 aliphatic rings. The van der Waals surface area contributed by atoms with Crippen molar-refractivity contribution in [2.45, 2.75) is 46.1 Å². The Morgan fingerprint density at radius 3 is 2.47 bits per heavy atom. The molecule has 0 aromatic rings. The molecule has 0 atom stereocenters. The van der Waals surface area contributed by atoms with Gasteiger partial charge in [0.05, 0.1) is 0 Å². The summed E-state index contributed by atoms with van der Waals surface area (Å²) in [5.74, 6) is 0.159. The lowest BCUT2D eigenvalue weighted by Crippen LogP contribution is -2.43. The highest BCUT2D eigenvalue weighted by atomic mass is 16.1. The largest absolute Gasteiger partial charge is 0.354 e. The Hall–Kier alpha value is -0.610. The summed E-state index contributed by atoms with van der Waals surface area (Å²) in [6, 6.07) is 0.240. The number of rotatable bonds is 5. The molecule has 100 valence electrons. The molecule has 0 spiro atoms. The van der Waals surface area contributed by atoms with E-state index < -0.39 is 0 Å². The Morgan fingerprint density at radius 2 is 2.00 bits per heavy atom. The topological polar surface area (TPSA) is 58.4 Å². The molecular formula is C13H27N3O. The van der Waals surface area contributed by atoms with E-state index in [2.05, 4.69) is 17.1 Å². The van der Waals surface area contributed by atoms with Crippen LogP contribution in [0, 0.1) is 5.41 Å². The number of likely N-dealkylation sites (tertiary alicyclic amines) is 1. The maximum atomic E-state index is 11.5. The minimum absolute atomic E-state index is 0.159. The Kier molecular flexibility index (Phi) is 5.40. The van der Waals surface area contributed by atoms with Gasteiger partial charge in [-0.05, 0) is 51.7 Å². The quantitative estimate of drug-likeness (QED) is 0.754.